The van der Waals surface area contributed by atoms with Gasteiger partial charge in [-0.15, -0.1) is 11.3 Å². The number of hydrogen-bond donors (Lipinski definition) is 2. The minimum absolute atomic E-state index is 0.0249. The molecule has 2 aromatic heterocycles. The number of nitrogens with two attached hydrogens (primary N) is 1. The average molecular weight is 401 g/mol. The van der Waals surface area contributed by atoms with E-state index in [0.29, 0.717) is 42.2 Å². The van der Waals surface area contributed by atoms with Crippen LogP contribution in [0.2, 0.25) is 0 Å². The van der Waals surface area contributed by atoms with Crippen LogP contribution in [0.1, 0.15) is 22.8 Å². The molecule has 1 aliphatic rings. The highest BCUT2D eigenvalue weighted by Crippen LogP contribution is 2.36. The number of anilines is 2. The Morgan fingerprint density at radius 2 is 2.11 bits per heavy atom. The minimum atomic E-state index is 0.0249. The van der Waals surface area contributed by atoms with E-state index in [1.54, 1.807) is 7.11 Å². The number of benzene rings is 1. The molecule has 9 heteroatoms. The third-order valence-electron chi connectivity index (χ3n) is 4.60. The SMILES string of the molecule is COc1cc2nc(C)nc(NCc3sc(N)nc3C)c2cc1OC1CCOC1. The molecule has 148 valence electrons. The Hall–Kier alpha value is -2.65. The minimum Gasteiger partial charge on any atom is -0.493 e. The first-order valence-electron chi connectivity index (χ1n) is 9.10. The van der Waals surface area contributed by atoms with Crippen molar-refractivity contribution in [1.82, 2.24) is 15.0 Å². The number of aromatic nitrogens is 3. The molecule has 3 N–H and O–H groups in total. The van der Waals surface area contributed by atoms with E-state index in [9.17, 15) is 0 Å². The fourth-order valence-corrected chi connectivity index (χ4v) is 3.98. The molecule has 8 nitrogen and oxygen atoms in total. The van der Waals surface area contributed by atoms with Crippen LogP contribution in [-0.4, -0.2) is 41.4 Å². The van der Waals surface area contributed by atoms with Crippen LogP contribution in [0.4, 0.5) is 10.9 Å². The molecule has 0 radical (unpaired) electrons. The van der Waals surface area contributed by atoms with Crippen LogP contribution in [0, 0.1) is 13.8 Å². The van der Waals surface area contributed by atoms with E-state index in [-0.39, 0.29) is 6.10 Å². The van der Waals surface area contributed by atoms with E-state index in [1.807, 2.05) is 26.0 Å². The van der Waals surface area contributed by atoms with Crippen molar-refractivity contribution in [2.75, 3.05) is 31.4 Å². The number of rotatable bonds is 6. The zero-order chi connectivity index (χ0) is 19.7. The van der Waals surface area contributed by atoms with Crippen molar-refractivity contribution in [2.24, 2.45) is 0 Å². The molecule has 1 aromatic carbocycles. The second-order valence-corrected chi connectivity index (χ2v) is 7.77. The lowest BCUT2D eigenvalue weighted by molar-refractivity contribution is 0.139. The lowest BCUT2D eigenvalue weighted by Crippen LogP contribution is -2.16. The second kappa shape index (κ2) is 7.76. The molecule has 1 atom stereocenters. The normalized spacial score (nSPS) is 16.5. The summed E-state index contributed by atoms with van der Waals surface area (Å²) in [6, 6.07) is 3.82. The van der Waals surface area contributed by atoms with E-state index >= 15 is 0 Å². The van der Waals surface area contributed by atoms with Gasteiger partial charge in [0.1, 0.15) is 17.7 Å². The maximum Gasteiger partial charge on any atom is 0.180 e. The van der Waals surface area contributed by atoms with Gasteiger partial charge in [0.05, 0.1) is 38.1 Å². The van der Waals surface area contributed by atoms with Crippen molar-refractivity contribution >= 4 is 33.2 Å². The largest absolute Gasteiger partial charge is 0.493 e. The lowest BCUT2D eigenvalue weighted by Gasteiger charge is -2.17. The van der Waals surface area contributed by atoms with E-state index in [4.69, 9.17) is 19.9 Å². The van der Waals surface area contributed by atoms with Crippen LogP contribution in [0.25, 0.3) is 10.9 Å². The number of ether oxygens (including phenoxy) is 3. The summed E-state index contributed by atoms with van der Waals surface area (Å²) in [6.45, 7) is 5.71. The first-order chi connectivity index (χ1) is 13.5. The molecule has 28 heavy (non-hydrogen) atoms. The smallest absolute Gasteiger partial charge is 0.180 e. The van der Waals surface area contributed by atoms with E-state index in [2.05, 4.69) is 20.3 Å². The summed E-state index contributed by atoms with van der Waals surface area (Å²) < 4.78 is 17.1. The van der Waals surface area contributed by atoms with Gasteiger partial charge in [0, 0.05) is 22.8 Å². The highest BCUT2D eigenvalue weighted by atomic mass is 32.1. The standard InChI is InChI=1S/C19H23N5O3S/c1-10-17(28-19(20)22-10)8-21-18-13-6-16(27-12-4-5-26-9-12)15(25-3)7-14(13)23-11(2)24-18/h6-7,12H,4-5,8-9H2,1-3H3,(H2,20,22)(H,21,23,24). The van der Waals surface area contributed by atoms with Gasteiger partial charge in [-0.2, -0.15) is 0 Å². The van der Waals surface area contributed by atoms with E-state index in [0.717, 1.165) is 33.7 Å². The molecular formula is C19H23N5O3S. The van der Waals surface area contributed by atoms with Gasteiger partial charge in [-0.05, 0) is 19.9 Å². The van der Waals surface area contributed by atoms with Crippen LogP contribution in [-0.2, 0) is 11.3 Å². The third kappa shape index (κ3) is 3.81. The topological polar surface area (TPSA) is 104 Å². The lowest BCUT2D eigenvalue weighted by atomic mass is 10.2. The summed E-state index contributed by atoms with van der Waals surface area (Å²) in [5.41, 5.74) is 7.53. The van der Waals surface area contributed by atoms with E-state index < -0.39 is 0 Å². The summed E-state index contributed by atoms with van der Waals surface area (Å²) in [7, 11) is 1.63. The molecule has 1 fully saturated rings. The Bertz CT molecular complexity index is 1000. The van der Waals surface area contributed by atoms with Gasteiger partial charge in [-0.1, -0.05) is 0 Å². The maximum absolute atomic E-state index is 6.12. The predicted octanol–water partition coefficient (Wildman–Crippen LogP) is 3.07. The molecule has 3 heterocycles. The zero-order valence-corrected chi connectivity index (χ0v) is 16.9. The predicted molar refractivity (Wildman–Crippen MR) is 109 cm³/mol. The fourth-order valence-electron chi connectivity index (χ4n) is 3.20. The second-order valence-electron chi connectivity index (χ2n) is 6.66. The highest BCUT2D eigenvalue weighted by Gasteiger charge is 2.20. The monoisotopic (exact) mass is 401 g/mol. The first-order valence-corrected chi connectivity index (χ1v) is 9.91. The number of nitrogens with one attached hydrogen (secondary N) is 1. The van der Waals surface area contributed by atoms with Crippen LogP contribution >= 0.6 is 11.3 Å². The fraction of sp³-hybridized carbons (Fsp3) is 0.421. The Morgan fingerprint density at radius 3 is 2.79 bits per heavy atom. The highest BCUT2D eigenvalue weighted by molar-refractivity contribution is 7.15. The van der Waals surface area contributed by atoms with Gasteiger partial charge in [-0.25, -0.2) is 15.0 Å². The van der Waals surface area contributed by atoms with E-state index in [1.165, 1.54) is 11.3 Å². The number of aryl methyl sites for hydroxylation is 2. The maximum atomic E-state index is 6.12. The molecule has 0 aliphatic carbocycles. The Labute approximate surface area is 167 Å². The molecule has 0 amide bonds. The van der Waals surface area contributed by atoms with Gasteiger partial charge in [0.25, 0.3) is 0 Å². The molecule has 1 unspecified atom stereocenters. The molecule has 0 spiro atoms. The molecule has 4 rings (SSSR count). The van der Waals surface area contributed by atoms with Crippen molar-refractivity contribution in [3.8, 4) is 11.5 Å². The summed E-state index contributed by atoms with van der Waals surface area (Å²) in [5.74, 6) is 2.73. The van der Waals surface area contributed by atoms with Gasteiger partial charge >= 0.3 is 0 Å². The first kappa shape index (κ1) is 18.7. The van der Waals surface area contributed by atoms with Gasteiger partial charge in [0.15, 0.2) is 16.6 Å². The van der Waals surface area contributed by atoms with Crippen LogP contribution < -0.4 is 20.5 Å². The number of fused-ring (bicyclic) bond motifs is 1. The number of nitrogen functional groups attached to an aromatic ring is 1. The van der Waals surface area contributed by atoms with Crippen molar-refractivity contribution in [3.05, 3.63) is 28.5 Å². The molecular weight excluding hydrogens is 378 g/mol. The molecule has 1 saturated heterocycles. The summed E-state index contributed by atoms with van der Waals surface area (Å²) in [6.07, 6.45) is 0.889. The number of nitrogens with zero attached hydrogens (tertiary/aromatic N) is 3. The van der Waals surface area contributed by atoms with Crippen molar-refractivity contribution in [1.29, 1.82) is 0 Å². The van der Waals surface area contributed by atoms with Gasteiger partial charge < -0.3 is 25.3 Å². The van der Waals surface area contributed by atoms with Gasteiger partial charge in [-0.3, -0.25) is 0 Å². The average Bonchev–Trinajstić information content (AvgIpc) is 3.28. The quantitative estimate of drug-likeness (QED) is 0.649. The number of thiazole rings is 1. The molecule has 0 bridgehead atoms. The third-order valence-corrected chi connectivity index (χ3v) is 5.59. The number of methoxy groups -OCH3 is 1. The van der Waals surface area contributed by atoms with Crippen molar-refractivity contribution in [2.45, 2.75) is 32.9 Å². The summed E-state index contributed by atoms with van der Waals surface area (Å²) >= 11 is 1.48. The van der Waals surface area contributed by atoms with Crippen LogP contribution in [0.3, 0.4) is 0 Å². The summed E-state index contributed by atoms with van der Waals surface area (Å²) in [4.78, 5) is 14.5. The van der Waals surface area contributed by atoms with Crippen LogP contribution in [0.5, 0.6) is 11.5 Å². The molecule has 1 aliphatic heterocycles. The Balaban J connectivity index is 1.69. The Kier molecular flexibility index (Phi) is 5.19. The van der Waals surface area contributed by atoms with Crippen LogP contribution in [0.15, 0.2) is 12.1 Å². The van der Waals surface area contributed by atoms with Crippen molar-refractivity contribution < 1.29 is 14.2 Å². The number of hydrogen-bond acceptors (Lipinski definition) is 9. The zero-order valence-electron chi connectivity index (χ0n) is 16.1. The summed E-state index contributed by atoms with van der Waals surface area (Å²) in [5, 5.41) is 4.84. The Morgan fingerprint density at radius 1 is 1.25 bits per heavy atom. The van der Waals surface area contributed by atoms with Gasteiger partial charge in [0.2, 0.25) is 0 Å². The molecule has 0 saturated carbocycles. The van der Waals surface area contributed by atoms with Crippen molar-refractivity contribution in [3.63, 3.8) is 0 Å². The molecule has 3 aromatic rings.